The average molecular weight is 183 g/mol. The van der Waals surface area contributed by atoms with E-state index in [2.05, 4.69) is 13.0 Å². The molecule has 0 aromatic heterocycles. The Hall–Kier alpha value is -0.790. The molecule has 1 rings (SSSR count). The van der Waals surface area contributed by atoms with Gasteiger partial charge in [-0.25, -0.2) is 0 Å². The minimum Gasteiger partial charge on any atom is -0.342 e. The van der Waals surface area contributed by atoms with Crippen molar-refractivity contribution in [2.75, 3.05) is 13.1 Å². The fourth-order valence-electron chi connectivity index (χ4n) is 1.31. The minimum atomic E-state index is 0.202. The summed E-state index contributed by atoms with van der Waals surface area (Å²) < 4.78 is 0. The standard InChI is InChI=1S/C9H15NO.C2H6/c1-8-4-3-6-10(7-5-8)9(2)11;1-2/h4H,3,5-7H2,1-2H3;1-2H3. The maximum atomic E-state index is 11.0. The highest BCUT2D eigenvalue weighted by Crippen LogP contribution is 2.09. The van der Waals surface area contributed by atoms with Crippen LogP contribution in [-0.2, 0) is 4.79 Å². The molecule has 0 bridgehead atoms. The van der Waals surface area contributed by atoms with Gasteiger partial charge in [0.15, 0.2) is 0 Å². The normalized spacial score (nSPS) is 16.6. The predicted molar refractivity (Wildman–Crippen MR) is 56.6 cm³/mol. The van der Waals surface area contributed by atoms with Gasteiger partial charge < -0.3 is 4.90 Å². The summed E-state index contributed by atoms with van der Waals surface area (Å²) in [6, 6.07) is 0. The Morgan fingerprint density at radius 1 is 1.38 bits per heavy atom. The first-order valence-corrected chi connectivity index (χ1v) is 5.11. The van der Waals surface area contributed by atoms with Gasteiger partial charge in [-0.05, 0) is 19.8 Å². The van der Waals surface area contributed by atoms with Crippen LogP contribution in [0.15, 0.2) is 11.6 Å². The summed E-state index contributed by atoms with van der Waals surface area (Å²) in [5.74, 6) is 0.202. The molecule has 0 saturated carbocycles. The zero-order chi connectivity index (χ0) is 10.3. The van der Waals surface area contributed by atoms with E-state index in [-0.39, 0.29) is 5.91 Å². The molecule has 2 heteroatoms. The molecule has 76 valence electrons. The molecule has 0 fully saturated rings. The van der Waals surface area contributed by atoms with Crippen LogP contribution in [0.25, 0.3) is 0 Å². The molecule has 0 atom stereocenters. The summed E-state index contributed by atoms with van der Waals surface area (Å²) in [6.07, 6.45) is 4.29. The van der Waals surface area contributed by atoms with Crippen LogP contribution in [0.3, 0.4) is 0 Å². The number of carbonyl (C=O) groups excluding carboxylic acids is 1. The van der Waals surface area contributed by atoms with Gasteiger partial charge in [-0.2, -0.15) is 0 Å². The Morgan fingerprint density at radius 3 is 2.54 bits per heavy atom. The highest BCUT2D eigenvalue weighted by atomic mass is 16.2. The van der Waals surface area contributed by atoms with Crippen molar-refractivity contribution in [3.8, 4) is 0 Å². The molecule has 0 spiro atoms. The first kappa shape index (κ1) is 12.2. The molecule has 0 unspecified atom stereocenters. The number of hydrogen-bond acceptors (Lipinski definition) is 1. The Bertz CT molecular complexity index is 185. The molecular weight excluding hydrogens is 162 g/mol. The fourth-order valence-corrected chi connectivity index (χ4v) is 1.31. The molecule has 2 nitrogen and oxygen atoms in total. The smallest absolute Gasteiger partial charge is 0.219 e. The van der Waals surface area contributed by atoms with Crippen LogP contribution in [0, 0.1) is 0 Å². The van der Waals surface area contributed by atoms with Crippen LogP contribution >= 0.6 is 0 Å². The van der Waals surface area contributed by atoms with Crippen molar-refractivity contribution in [1.82, 2.24) is 4.90 Å². The van der Waals surface area contributed by atoms with Gasteiger partial charge in [0, 0.05) is 20.0 Å². The zero-order valence-electron chi connectivity index (χ0n) is 9.26. The number of hydrogen-bond donors (Lipinski definition) is 0. The summed E-state index contributed by atoms with van der Waals surface area (Å²) >= 11 is 0. The van der Waals surface area contributed by atoms with Crippen LogP contribution in [0.1, 0.15) is 40.5 Å². The zero-order valence-corrected chi connectivity index (χ0v) is 9.26. The van der Waals surface area contributed by atoms with E-state index in [1.807, 2.05) is 18.7 Å². The third-order valence-electron chi connectivity index (χ3n) is 2.11. The third-order valence-corrected chi connectivity index (χ3v) is 2.11. The minimum absolute atomic E-state index is 0.202. The molecule has 0 aromatic rings. The van der Waals surface area contributed by atoms with E-state index in [4.69, 9.17) is 0 Å². The van der Waals surface area contributed by atoms with E-state index >= 15 is 0 Å². The van der Waals surface area contributed by atoms with E-state index in [1.165, 1.54) is 5.57 Å². The lowest BCUT2D eigenvalue weighted by atomic mass is 10.2. The molecule has 1 amide bonds. The van der Waals surface area contributed by atoms with E-state index in [9.17, 15) is 4.79 Å². The molecular formula is C11H21NO. The fraction of sp³-hybridized carbons (Fsp3) is 0.727. The summed E-state index contributed by atoms with van der Waals surface area (Å²) in [5, 5.41) is 0. The van der Waals surface area contributed by atoms with Crippen LogP contribution in [0.4, 0.5) is 0 Å². The van der Waals surface area contributed by atoms with Gasteiger partial charge >= 0.3 is 0 Å². The lowest BCUT2D eigenvalue weighted by Crippen LogP contribution is -2.29. The monoisotopic (exact) mass is 183 g/mol. The van der Waals surface area contributed by atoms with Crippen molar-refractivity contribution >= 4 is 5.91 Å². The third kappa shape index (κ3) is 4.71. The molecule has 1 heterocycles. The maximum Gasteiger partial charge on any atom is 0.219 e. The summed E-state index contributed by atoms with van der Waals surface area (Å²) in [6.45, 7) is 9.56. The van der Waals surface area contributed by atoms with Gasteiger partial charge in [0.2, 0.25) is 5.91 Å². The molecule has 1 aliphatic rings. The van der Waals surface area contributed by atoms with Crippen LogP contribution in [0.2, 0.25) is 0 Å². The Morgan fingerprint density at radius 2 is 2.00 bits per heavy atom. The van der Waals surface area contributed by atoms with E-state index in [0.717, 1.165) is 25.9 Å². The highest BCUT2D eigenvalue weighted by molar-refractivity contribution is 5.73. The summed E-state index contributed by atoms with van der Waals surface area (Å²) in [5.41, 5.74) is 1.41. The van der Waals surface area contributed by atoms with E-state index < -0.39 is 0 Å². The van der Waals surface area contributed by atoms with E-state index in [0.29, 0.717) is 0 Å². The summed E-state index contributed by atoms with van der Waals surface area (Å²) in [7, 11) is 0. The molecule has 1 aliphatic heterocycles. The second-order valence-corrected chi connectivity index (χ2v) is 3.10. The van der Waals surface area contributed by atoms with Crippen LogP contribution < -0.4 is 0 Å². The lowest BCUT2D eigenvalue weighted by molar-refractivity contribution is -0.128. The average Bonchev–Trinajstić information content (AvgIpc) is 2.33. The van der Waals surface area contributed by atoms with Gasteiger partial charge in [0.1, 0.15) is 0 Å². The topological polar surface area (TPSA) is 20.3 Å². The quantitative estimate of drug-likeness (QED) is 0.529. The van der Waals surface area contributed by atoms with Gasteiger partial charge in [-0.15, -0.1) is 0 Å². The first-order valence-electron chi connectivity index (χ1n) is 5.11. The van der Waals surface area contributed by atoms with Gasteiger partial charge in [0.05, 0.1) is 0 Å². The SMILES string of the molecule is CC.CC(=O)N1CCC=C(C)CC1. The molecule has 0 saturated heterocycles. The lowest BCUT2D eigenvalue weighted by Gasteiger charge is -2.17. The molecule has 0 N–H and O–H groups in total. The molecule has 13 heavy (non-hydrogen) atoms. The van der Waals surface area contributed by atoms with Crippen molar-refractivity contribution in [3.05, 3.63) is 11.6 Å². The Balaban J connectivity index is 0.000000671. The second kappa shape index (κ2) is 6.70. The van der Waals surface area contributed by atoms with Gasteiger partial charge in [-0.3, -0.25) is 4.79 Å². The van der Waals surface area contributed by atoms with Crippen molar-refractivity contribution in [1.29, 1.82) is 0 Å². The van der Waals surface area contributed by atoms with Crippen LogP contribution in [0.5, 0.6) is 0 Å². The van der Waals surface area contributed by atoms with Crippen molar-refractivity contribution < 1.29 is 4.79 Å². The molecule has 0 aromatic carbocycles. The number of nitrogens with zero attached hydrogens (tertiary/aromatic N) is 1. The highest BCUT2D eigenvalue weighted by Gasteiger charge is 2.09. The van der Waals surface area contributed by atoms with E-state index in [1.54, 1.807) is 6.92 Å². The first-order chi connectivity index (χ1) is 6.20. The number of amides is 1. The number of rotatable bonds is 0. The number of carbonyl (C=O) groups is 1. The largest absolute Gasteiger partial charge is 0.342 e. The summed E-state index contributed by atoms with van der Waals surface area (Å²) in [4.78, 5) is 12.9. The molecule has 0 radical (unpaired) electrons. The Kier molecular flexibility index (Phi) is 6.29. The Labute approximate surface area is 81.6 Å². The van der Waals surface area contributed by atoms with Crippen molar-refractivity contribution in [2.24, 2.45) is 0 Å². The molecule has 0 aliphatic carbocycles. The van der Waals surface area contributed by atoms with Crippen LogP contribution in [-0.4, -0.2) is 23.9 Å². The predicted octanol–water partition coefficient (Wildman–Crippen LogP) is 2.60. The maximum absolute atomic E-state index is 11.0. The second-order valence-electron chi connectivity index (χ2n) is 3.10. The van der Waals surface area contributed by atoms with Crippen molar-refractivity contribution in [3.63, 3.8) is 0 Å². The van der Waals surface area contributed by atoms with Gasteiger partial charge in [-0.1, -0.05) is 25.5 Å². The van der Waals surface area contributed by atoms with Crippen molar-refractivity contribution in [2.45, 2.75) is 40.5 Å². The van der Waals surface area contributed by atoms with Gasteiger partial charge in [0.25, 0.3) is 0 Å².